The fourth-order valence-corrected chi connectivity index (χ4v) is 4.79. The van der Waals surface area contributed by atoms with Gasteiger partial charge in [0.15, 0.2) is 0 Å². The van der Waals surface area contributed by atoms with Gasteiger partial charge < -0.3 is 5.11 Å². The fraction of sp³-hybridized carbons (Fsp3) is 0.379. The quantitative estimate of drug-likeness (QED) is 0.456. The van der Waals surface area contributed by atoms with Crippen LogP contribution in [0.3, 0.4) is 0 Å². The topological polar surface area (TPSA) is 50.2 Å². The van der Waals surface area contributed by atoms with Gasteiger partial charge in [-0.2, -0.15) is 0 Å². The van der Waals surface area contributed by atoms with Gasteiger partial charge in [-0.3, -0.25) is 0 Å². The van der Waals surface area contributed by atoms with Crippen LogP contribution in [0.4, 0.5) is 0 Å². The maximum atomic E-state index is 12.4. The van der Waals surface area contributed by atoms with Gasteiger partial charge in [-0.25, -0.2) is 9.78 Å². The van der Waals surface area contributed by atoms with Crippen molar-refractivity contribution in [2.75, 3.05) is 0 Å². The van der Waals surface area contributed by atoms with E-state index in [-0.39, 0.29) is 5.41 Å². The number of aromatic carboxylic acids is 1. The van der Waals surface area contributed by atoms with E-state index in [4.69, 9.17) is 4.98 Å². The highest BCUT2D eigenvalue weighted by atomic mass is 16.4. The first-order chi connectivity index (χ1) is 15.2. The number of carbonyl (C=O) groups is 1. The van der Waals surface area contributed by atoms with Crippen molar-refractivity contribution < 1.29 is 9.90 Å². The molecule has 32 heavy (non-hydrogen) atoms. The molecule has 1 unspecified atom stereocenters. The standard InChI is InChI=1S/C29H33NO2/c1-6-29(4,5)22-16-21(15-19-11-13-20(14-12-19)18(2)3)27-24(17-22)26(28(31)32)23-9-7-8-10-25(23)30-27/h7-15,18,22H,6,16-17H2,1-5H3,(H,31,32)/b21-15-. The second-order valence-electron chi connectivity index (χ2n) is 10.1. The number of fused-ring (bicyclic) bond motifs is 2. The highest BCUT2D eigenvalue weighted by Crippen LogP contribution is 2.46. The molecule has 166 valence electrons. The summed E-state index contributed by atoms with van der Waals surface area (Å²) in [6, 6.07) is 16.3. The van der Waals surface area contributed by atoms with Crippen LogP contribution in [0.15, 0.2) is 48.5 Å². The molecule has 0 spiro atoms. The van der Waals surface area contributed by atoms with Crippen LogP contribution in [0, 0.1) is 11.3 Å². The molecule has 1 N–H and O–H groups in total. The third kappa shape index (κ3) is 4.09. The summed E-state index contributed by atoms with van der Waals surface area (Å²) >= 11 is 0. The number of allylic oxidation sites excluding steroid dienone is 1. The Kier molecular flexibility index (Phi) is 5.94. The Balaban J connectivity index is 1.93. The zero-order valence-corrected chi connectivity index (χ0v) is 19.8. The van der Waals surface area contributed by atoms with Crippen LogP contribution in [-0.2, 0) is 6.42 Å². The summed E-state index contributed by atoms with van der Waals surface area (Å²) < 4.78 is 0. The number of pyridine rings is 1. The molecule has 0 fully saturated rings. The second kappa shape index (κ2) is 8.54. The van der Waals surface area contributed by atoms with Crippen molar-refractivity contribution in [3.63, 3.8) is 0 Å². The number of rotatable bonds is 5. The summed E-state index contributed by atoms with van der Waals surface area (Å²) in [5.41, 5.74) is 6.62. The zero-order chi connectivity index (χ0) is 23.0. The third-order valence-electron chi connectivity index (χ3n) is 7.39. The lowest BCUT2D eigenvalue weighted by molar-refractivity contribution is 0.0696. The van der Waals surface area contributed by atoms with E-state index in [9.17, 15) is 9.90 Å². The molecular formula is C29H33NO2. The molecule has 0 saturated carbocycles. The summed E-state index contributed by atoms with van der Waals surface area (Å²) in [6.07, 6.45) is 4.92. The minimum atomic E-state index is -0.865. The van der Waals surface area contributed by atoms with E-state index >= 15 is 0 Å². The Bertz CT molecular complexity index is 1190. The highest BCUT2D eigenvalue weighted by molar-refractivity contribution is 6.06. The van der Waals surface area contributed by atoms with Gasteiger partial charge in [-0.05, 0) is 64.5 Å². The number of carboxylic acid groups (broad SMARTS) is 1. The molecule has 0 radical (unpaired) electrons. The lowest BCUT2D eigenvalue weighted by Crippen LogP contribution is -2.30. The second-order valence-corrected chi connectivity index (χ2v) is 10.1. The molecule has 0 saturated heterocycles. The van der Waals surface area contributed by atoms with E-state index in [1.807, 2.05) is 24.3 Å². The van der Waals surface area contributed by atoms with Crippen LogP contribution in [0.5, 0.6) is 0 Å². The third-order valence-corrected chi connectivity index (χ3v) is 7.39. The largest absolute Gasteiger partial charge is 0.478 e. The number of para-hydroxylation sites is 1. The maximum absolute atomic E-state index is 12.4. The number of hydrogen-bond donors (Lipinski definition) is 1. The average molecular weight is 428 g/mol. The lowest BCUT2D eigenvalue weighted by atomic mass is 9.67. The molecule has 3 aromatic rings. The van der Waals surface area contributed by atoms with E-state index < -0.39 is 5.97 Å². The van der Waals surface area contributed by atoms with Gasteiger partial charge in [0.05, 0.1) is 16.8 Å². The van der Waals surface area contributed by atoms with E-state index in [1.165, 1.54) is 5.56 Å². The van der Waals surface area contributed by atoms with Crippen LogP contribution < -0.4 is 0 Å². The molecule has 0 aliphatic heterocycles. The molecule has 4 rings (SSSR count). The Morgan fingerprint density at radius 2 is 1.81 bits per heavy atom. The SMILES string of the molecule is CCC(C)(C)C1C/C(=C/c2ccc(C(C)C)cc2)c2nc3ccccc3c(C(=O)O)c2C1. The first-order valence-corrected chi connectivity index (χ1v) is 11.7. The van der Waals surface area contributed by atoms with Gasteiger partial charge in [0.1, 0.15) is 0 Å². The predicted molar refractivity (Wildman–Crippen MR) is 133 cm³/mol. The van der Waals surface area contributed by atoms with E-state index in [0.717, 1.165) is 52.6 Å². The smallest absolute Gasteiger partial charge is 0.336 e. The van der Waals surface area contributed by atoms with Gasteiger partial charge in [-0.1, -0.05) is 83.5 Å². The first-order valence-electron chi connectivity index (χ1n) is 11.7. The summed E-state index contributed by atoms with van der Waals surface area (Å²) in [7, 11) is 0. The Hall–Kier alpha value is -2.94. The predicted octanol–water partition coefficient (Wildman–Crippen LogP) is 7.60. The van der Waals surface area contributed by atoms with Crippen molar-refractivity contribution >= 4 is 28.5 Å². The minimum Gasteiger partial charge on any atom is -0.478 e. The van der Waals surface area contributed by atoms with Crippen molar-refractivity contribution in [3.8, 4) is 0 Å². The maximum Gasteiger partial charge on any atom is 0.336 e. The molecule has 1 aromatic heterocycles. The normalized spacial score (nSPS) is 17.7. The number of hydrogen-bond acceptors (Lipinski definition) is 2. The summed E-state index contributed by atoms with van der Waals surface area (Å²) in [5.74, 6) is -0.00862. The van der Waals surface area contributed by atoms with Gasteiger partial charge in [0, 0.05) is 5.39 Å². The molecule has 1 aliphatic rings. The van der Waals surface area contributed by atoms with E-state index in [2.05, 4.69) is 65.0 Å². The molecule has 1 atom stereocenters. The lowest BCUT2D eigenvalue weighted by Gasteiger charge is -2.38. The molecule has 1 aliphatic carbocycles. The molecule has 0 amide bonds. The van der Waals surface area contributed by atoms with Crippen LogP contribution in [-0.4, -0.2) is 16.1 Å². The number of carboxylic acids is 1. The summed E-state index contributed by atoms with van der Waals surface area (Å²) in [4.78, 5) is 17.4. The molecule has 0 bridgehead atoms. The van der Waals surface area contributed by atoms with Gasteiger partial charge in [0.2, 0.25) is 0 Å². The van der Waals surface area contributed by atoms with Crippen molar-refractivity contribution in [2.24, 2.45) is 11.3 Å². The molecular weight excluding hydrogens is 394 g/mol. The van der Waals surface area contributed by atoms with Crippen LogP contribution in [0.1, 0.15) is 86.1 Å². The molecule has 3 heteroatoms. The Morgan fingerprint density at radius 3 is 2.44 bits per heavy atom. The highest BCUT2D eigenvalue weighted by Gasteiger charge is 2.36. The molecule has 2 aromatic carbocycles. The van der Waals surface area contributed by atoms with Crippen LogP contribution in [0.2, 0.25) is 0 Å². The fourth-order valence-electron chi connectivity index (χ4n) is 4.79. The van der Waals surface area contributed by atoms with Gasteiger partial charge in [0.25, 0.3) is 0 Å². The van der Waals surface area contributed by atoms with Crippen molar-refractivity contribution in [3.05, 3.63) is 76.5 Å². The molecule has 3 nitrogen and oxygen atoms in total. The number of benzene rings is 2. The van der Waals surface area contributed by atoms with Crippen molar-refractivity contribution in [1.82, 2.24) is 4.98 Å². The Labute approximate surface area is 191 Å². The molecule has 1 heterocycles. The summed E-state index contributed by atoms with van der Waals surface area (Å²) in [6.45, 7) is 11.2. The van der Waals surface area contributed by atoms with Gasteiger partial charge >= 0.3 is 5.97 Å². The first kappa shape index (κ1) is 22.3. The van der Waals surface area contributed by atoms with Crippen molar-refractivity contribution in [1.29, 1.82) is 0 Å². The monoisotopic (exact) mass is 427 g/mol. The number of nitrogens with zero attached hydrogens (tertiary/aromatic N) is 1. The van der Waals surface area contributed by atoms with Crippen LogP contribution >= 0.6 is 0 Å². The minimum absolute atomic E-state index is 0.111. The van der Waals surface area contributed by atoms with E-state index in [0.29, 0.717) is 17.4 Å². The van der Waals surface area contributed by atoms with Crippen LogP contribution in [0.25, 0.3) is 22.6 Å². The summed E-state index contributed by atoms with van der Waals surface area (Å²) in [5, 5.41) is 10.9. The zero-order valence-electron chi connectivity index (χ0n) is 19.8. The number of aromatic nitrogens is 1. The van der Waals surface area contributed by atoms with E-state index in [1.54, 1.807) is 0 Å². The van der Waals surface area contributed by atoms with Gasteiger partial charge in [-0.15, -0.1) is 0 Å². The van der Waals surface area contributed by atoms with Crippen molar-refractivity contribution in [2.45, 2.75) is 59.8 Å². The Morgan fingerprint density at radius 1 is 1.12 bits per heavy atom. The average Bonchev–Trinajstić information content (AvgIpc) is 2.77.